The lowest BCUT2D eigenvalue weighted by molar-refractivity contribution is -0.229. The molecular formula is C15H17NO5. The van der Waals surface area contributed by atoms with E-state index in [1.165, 1.54) is 0 Å². The van der Waals surface area contributed by atoms with Gasteiger partial charge in [0.1, 0.15) is 23.5 Å². The van der Waals surface area contributed by atoms with Crippen LogP contribution in [0.2, 0.25) is 0 Å². The summed E-state index contributed by atoms with van der Waals surface area (Å²) < 4.78 is 11.2. The van der Waals surface area contributed by atoms with Gasteiger partial charge in [-0.05, 0) is 12.1 Å². The van der Waals surface area contributed by atoms with Gasteiger partial charge < -0.3 is 24.8 Å². The third kappa shape index (κ3) is 2.84. The number of aromatic nitrogens is 1. The van der Waals surface area contributed by atoms with Crippen LogP contribution in [0.3, 0.4) is 0 Å². The molecule has 0 saturated carbocycles. The molecule has 1 aliphatic heterocycles. The maximum absolute atomic E-state index is 9.80. The molecule has 3 N–H and O–H groups in total. The van der Waals surface area contributed by atoms with Gasteiger partial charge in [0.25, 0.3) is 0 Å². The molecule has 21 heavy (non-hydrogen) atoms. The lowest BCUT2D eigenvalue weighted by Gasteiger charge is -2.36. The van der Waals surface area contributed by atoms with E-state index in [0.29, 0.717) is 11.3 Å². The van der Waals surface area contributed by atoms with Gasteiger partial charge in [0.15, 0.2) is 0 Å². The van der Waals surface area contributed by atoms with E-state index in [-0.39, 0.29) is 13.0 Å². The molecule has 1 fully saturated rings. The Balaban J connectivity index is 1.82. The van der Waals surface area contributed by atoms with Gasteiger partial charge in [0.2, 0.25) is 6.29 Å². The third-order valence-corrected chi connectivity index (χ3v) is 3.57. The van der Waals surface area contributed by atoms with Crippen molar-refractivity contribution in [3.05, 3.63) is 36.5 Å². The Morgan fingerprint density at radius 3 is 2.86 bits per heavy atom. The van der Waals surface area contributed by atoms with E-state index in [9.17, 15) is 15.3 Å². The maximum atomic E-state index is 9.80. The topological polar surface area (TPSA) is 92.0 Å². The largest absolute Gasteiger partial charge is 0.463 e. The van der Waals surface area contributed by atoms with Crippen LogP contribution in [0, 0.1) is 0 Å². The van der Waals surface area contributed by atoms with Crippen molar-refractivity contribution in [1.29, 1.82) is 0 Å². The van der Waals surface area contributed by atoms with Gasteiger partial charge in [0, 0.05) is 18.0 Å². The average molecular weight is 291 g/mol. The zero-order chi connectivity index (χ0) is 14.8. The smallest absolute Gasteiger partial charge is 0.203 e. The Morgan fingerprint density at radius 2 is 2.05 bits per heavy atom. The van der Waals surface area contributed by atoms with Crippen molar-refractivity contribution in [2.24, 2.45) is 0 Å². The molecule has 4 unspecified atom stereocenters. The summed E-state index contributed by atoms with van der Waals surface area (Å²) in [5, 5.41) is 29.6. The van der Waals surface area contributed by atoms with E-state index < -0.39 is 24.6 Å². The highest BCUT2D eigenvalue weighted by atomic mass is 16.7. The second kappa shape index (κ2) is 5.95. The van der Waals surface area contributed by atoms with Crippen molar-refractivity contribution in [3.8, 4) is 5.75 Å². The molecule has 3 rings (SSSR count). The Kier molecular flexibility index (Phi) is 4.03. The molecule has 2 aromatic rings. The molecular weight excluding hydrogens is 274 g/mol. The van der Waals surface area contributed by atoms with Gasteiger partial charge in [-0.15, -0.1) is 0 Å². The molecule has 0 aliphatic carbocycles. The Bertz CT molecular complexity index is 615. The summed E-state index contributed by atoms with van der Waals surface area (Å²) in [4.78, 5) is 4.28. The van der Waals surface area contributed by atoms with Crippen molar-refractivity contribution in [3.63, 3.8) is 0 Å². The first kappa shape index (κ1) is 14.2. The lowest BCUT2D eigenvalue weighted by Crippen LogP contribution is -2.51. The summed E-state index contributed by atoms with van der Waals surface area (Å²) in [5.74, 6) is 0.540. The average Bonchev–Trinajstić information content (AvgIpc) is 2.51. The van der Waals surface area contributed by atoms with E-state index in [2.05, 4.69) is 4.98 Å². The van der Waals surface area contributed by atoms with Crippen LogP contribution in [-0.2, 0) is 4.74 Å². The van der Waals surface area contributed by atoms with E-state index in [1.807, 2.05) is 24.3 Å². The molecule has 112 valence electrons. The minimum Gasteiger partial charge on any atom is -0.463 e. The van der Waals surface area contributed by atoms with Crippen LogP contribution in [-0.4, -0.2) is 51.5 Å². The quantitative estimate of drug-likeness (QED) is 0.760. The number of fused-ring (bicyclic) bond motifs is 1. The normalized spacial score (nSPS) is 29.5. The van der Waals surface area contributed by atoms with Crippen molar-refractivity contribution < 1.29 is 24.8 Å². The minimum absolute atomic E-state index is 0.126. The molecule has 4 atom stereocenters. The monoisotopic (exact) mass is 291 g/mol. The number of benzene rings is 1. The SMILES string of the molecule is OCC1OC(Oc2cccc3cccnc23)CC(O)C1O. The minimum atomic E-state index is -1.11. The second-order valence-electron chi connectivity index (χ2n) is 5.03. The van der Waals surface area contributed by atoms with Gasteiger partial charge in [-0.1, -0.05) is 18.2 Å². The Hall–Kier alpha value is -1.73. The molecule has 1 aliphatic rings. The van der Waals surface area contributed by atoms with Gasteiger partial charge in [-0.3, -0.25) is 4.98 Å². The van der Waals surface area contributed by atoms with Crippen LogP contribution < -0.4 is 4.74 Å². The molecule has 0 spiro atoms. The molecule has 0 amide bonds. The third-order valence-electron chi connectivity index (χ3n) is 3.57. The van der Waals surface area contributed by atoms with Gasteiger partial charge in [-0.2, -0.15) is 0 Å². The van der Waals surface area contributed by atoms with E-state index in [0.717, 1.165) is 5.39 Å². The van der Waals surface area contributed by atoms with Gasteiger partial charge >= 0.3 is 0 Å². The number of aliphatic hydroxyl groups excluding tert-OH is 3. The number of aliphatic hydroxyl groups is 3. The molecule has 6 nitrogen and oxygen atoms in total. The van der Waals surface area contributed by atoms with Crippen LogP contribution in [0.4, 0.5) is 0 Å². The number of hydrogen-bond donors (Lipinski definition) is 3. The molecule has 6 heteroatoms. The molecule has 1 aromatic carbocycles. The predicted molar refractivity (Wildman–Crippen MR) is 74.7 cm³/mol. The van der Waals surface area contributed by atoms with Crippen LogP contribution in [0.1, 0.15) is 6.42 Å². The zero-order valence-corrected chi connectivity index (χ0v) is 11.3. The summed E-state index contributed by atoms with van der Waals surface area (Å²) in [6.45, 7) is -0.383. The van der Waals surface area contributed by atoms with E-state index in [4.69, 9.17) is 9.47 Å². The molecule has 2 heterocycles. The van der Waals surface area contributed by atoms with E-state index in [1.54, 1.807) is 12.3 Å². The van der Waals surface area contributed by atoms with Crippen LogP contribution >= 0.6 is 0 Å². The Labute approximate surface area is 121 Å². The number of nitrogens with zero attached hydrogens (tertiary/aromatic N) is 1. The first-order chi connectivity index (χ1) is 10.2. The zero-order valence-electron chi connectivity index (χ0n) is 11.3. The second-order valence-corrected chi connectivity index (χ2v) is 5.03. The molecule has 1 aromatic heterocycles. The first-order valence-corrected chi connectivity index (χ1v) is 6.82. The number of ether oxygens (including phenoxy) is 2. The number of pyridine rings is 1. The number of hydrogen-bond acceptors (Lipinski definition) is 6. The maximum Gasteiger partial charge on any atom is 0.203 e. The Morgan fingerprint density at radius 1 is 1.24 bits per heavy atom. The van der Waals surface area contributed by atoms with Crippen LogP contribution in [0.15, 0.2) is 36.5 Å². The number of para-hydroxylation sites is 1. The van der Waals surface area contributed by atoms with Crippen molar-refractivity contribution >= 4 is 10.9 Å². The molecule has 0 radical (unpaired) electrons. The van der Waals surface area contributed by atoms with Crippen molar-refractivity contribution in [2.45, 2.75) is 31.0 Å². The highest BCUT2D eigenvalue weighted by molar-refractivity contribution is 5.84. The van der Waals surface area contributed by atoms with Crippen molar-refractivity contribution in [1.82, 2.24) is 4.98 Å². The summed E-state index contributed by atoms with van der Waals surface area (Å²) in [5.41, 5.74) is 0.699. The van der Waals surface area contributed by atoms with Crippen molar-refractivity contribution in [2.75, 3.05) is 6.61 Å². The fourth-order valence-corrected chi connectivity index (χ4v) is 2.46. The molecule has 1 saturated heterocycles. The summed E-state index contributed by atoms with van der Waals surface area (Å²) in [6.07, 6.45) is -1.91. The first-order valence-electron chi connectivity index (χ1n) is 6.82. The summed E-state index contributed by atoms with van der Waals surface area (Å²) >= 11 is 0. The highest BCUT2D eigenvalue weighted by Gasteiger charge is 2.37. The number of rotatable bonds is 3. The predicted octanol–water partition coefficient (Wildman–Crippen LogP) is 0.443. The fraction of sp³-hybridized carbons (Fsp3) is 0.400. The van der Waals surface area contributed by atoms with Crippen LogP contribution in [0.25, 0.3) is 10.9 Å². The van der Waals surface area contributed by atoms with Gasteiger partial charge in [-0.25, -0.2) is 0 Å². The van der Waals surface area contributed by atoms with Gasteiger partial charge in [0.05, 0.1) is 12.7 Å². The molecule has 0 bridgehead atoms. The fourth-order valence-electron chi connectivity index (χ4n) is 2.46. The van der Waals surface area contributed by atoms with E-state index >= 15 is 0 Å². The summed E-state index contributed by atoms with van der Waals surface area (Å²) in [7, 11) is 0. The van der Waals surface area contributed by atoms with Crippen LogP contribution in [0.5, 0.6) is 5.75 Å². The standard InChI is InChI=1S/C15H17NO5/c17-8-12-15(19)10(18)7-13(21-12)20-11-5-1-3-9-4-2-6-16-14(9)11/h1-6,10,12-13,15,17-19H,7-8H2. The lowest BCUT2D eigenvalue weighted by atomic mass is 10.0. The highest BCUT2D eigenvalue weighted by Crippen LogP contribution is 2.28. The summed E-state index contributed by atoms with van der Waals surface area (Å²) in [6, 6.07) is 9.30.